The molecule has 1 amide bonds. The second-order valence-corrected chi connectivity index (χ2v) is 4.88. The van der Waals surface area contributed by atoms with Gasteiger partial charge in [-0.3, -0.25) is 9.89 Å². The number of nitrogens with zero attached hydrogens (tertiary/aromatic N) is 5. The Morgan fingerprint density at radius 1 is 1.25 bits per heavy atom. The molecule has 24 heavy (non-hydrogen) atoms. The largest absolute Gasteiger partial charge is 0.451 e. The zero-order valence-corrected chi connectivity index (χ0v) is 13.1. The first-order valence-corrected chi connectivity index (χ1v) is 7.25. The van der Waals surface area contributed by atoms with Crippen molar-refractivity contribution in [2.45, 2.75) is 26.4 Å². The number of carbonyl (C=O) groups is 1. The second-order valence-electron chi connectivity index (χ2n) is 4.88. The summed E-state index contributed by atoms with van der Waals surface area (Å²) in [6.07, 6.45) is -3.67. The van der Waals surface area contributed by atoms with Crippen LogP contribution < -0.4 is 10.6 Å². The molecule has 2 aromatic rings. The fourth-order valence-electron chi connectivity index (χ4n) is 1.80. The van der Waals surface area contributed by atoms with E-state index in [0.717, 1.165) is 17.6 Å². The number of alkyl halides is 3. The number of amides is 1. The van der Waals surface area contributed by atoms with E-state index < -0.39 is 17.9 Å². The number of hydrogen-bond acceptors (Lipinski definition) is 6. The van der Waals surface area contributed by atoms with Gasteiger partial charge in [0.05, 0.1) is 0 Å². The Hall–Kier alpha value is -2.50. The fourth-order valence-corrected chi connectivity index (χ4v) is 1.80. The zero-order chi connectivity index (χ0) is 17.7. The van der Waals surface area contributed by atoms with E-state index in [9.17, 15) is 18.0 Å². The Morgan fingerprint density at radius 3 is 2.62 bits per heavy atom. The van der Waals surface area contributed by atoms with Crippen LogP contribution in [0.25, 0.3) is 5.95 Å². The molecule has 0 spiro atoms. The molecule has 0 aliphatic rings. The van der Waals surface area contributed by atoms with E-state index >= 15 is 0 Å². The molecule has 0 unspecified atom stereocenters. The van der Waals surface area contributed by atoms with Gasteiger partial charge in [0.25, 0.3) is 11.9 Å². The molecule has 0 saturated heterocycles. The molecule has 0 aliphatic carbocycles. The molecule has 2 heterocycles. The van der Waals surface area contributed by atoms with Crippen molar-refractivity contribution >= 4 is 5.91 Å². The zero-order valence-electron chi connectivity index (χ0n) is 13.1. The summed E-state index contributed by atoms with van der Waals surface area (Å²) in [5, 5.41) is 14.8. The molecule has 12 heteroatoms. The molecule has 0 fully saturated rings. The molecular weight excluding hydrogens is 329 g/mol. The van der Waals surface area contributed by atoms with Gasteiger partial charge in [-0.05, 0) is 19.9 Å². The van der Waals surface area contributed by atoms with Crippen LogP contribution in [0.15, 0.2) is 0 Å². The van der Waals surface area contributed by atoms with Gasteiger partial charge in [-0.2, -0.15) is 22.8 Å². The minimum atomic E-state index is -4.65. The maximum atomic E-state index is 12.5. The van der Waals surface area contributed by atoms with Gasteiger partial charge in [0, 0.05) is 13.1 Å². The predicted octanol–water partition coefficient (Wildman–Crippen LogP) is 0.442. The molecule has 9 nitrogen and oxygen atoms in total. The molecule has 0 radical (unpaired) electrons. The number of carbonyl (C=O) groups excluding carboxylic acids is 1. The first-order chi connectivity index (χ1) is 11.3. The number of aryl methyl sites for hydroxylation is 1. The number of hydrogen-bond donors (Lipinski definition) is 3. The van der Waals surface area contributed by atoms with Crippen molar-refractivity contribution in [1.82, 2.24) is 40.6 Å². The van der Waals surface area contributed by atoms with E-state index in [1.165, 1.54) is 6.92 Å². The van der Waals surface area contributed by atoms with Gasteiger partial charge < -0.3 is 10.6 Å². The van der Waals surface area contributed by atoms with E-state index in [4.69, 9.17) is 0 Å². The normalized spacial score (nSPS) is 11.7. The smallest absolute Gasteiger partial charge is 0.348 e. The highest BCUT2D eigenvalue weighted by molar-refractivity contribution is 5.90. The van der Waals surface area contributed by atoms with Crippen molar-refractivity contribution in [3.8, 4) is 5.95 Å². The van der Waals surface area contributed by atoms with Crippen LogP contribution in [0.3, 0.4) is 0 Å². The highest BCUT2D eigenvalue weighted by Crippen LogP contribution is 2.26. The predicted molar refractivity (Wildman–Crippen MR) is 76.5 cm³/mol. The Bertz CT molecular complexity index is 693. The van der Waals surface area contributed by atoms with Crippen LogP contribution in [0.4, 0.5) is 13.2 Å². The third kappa shape index (κ3) is 4.28. The van der Waals surface area contributed by atoms with Crippen LogP contribution in [-0.2, 0) is 6.18 Å². The Labute approximate surface area is 135 Å². The lowest BCUT2D eigenvalue weighted by Gasteiger charge is -2.03. The molecule has 3 N–H and O–H groups in total. The van der Waals surface area contributed by atoms with E-state index in [1.54, 1.807) is 5.10 Å². The van der Waals surface area contributed by atoms with E-state index in [1.807, 2.05) is 6.92 Å². The molecule has 0 aromatic carbocycles. The number of aromatic nitrogens is 6. The quantitative estimate of drug-likeness (QED) is 0.627. The topological polar surface area (TPSA) is 113 Å². The average Bonchev–Trinajstić information content (AvgIpc) is 3.12. The summed E-state index contributed by atoms with van der Waals surface area (Å²) in [6.45, 7) is 5.32. The standard InChI is InChI=1S/C12H17F3N8O/c1-3-4-16-5-6-17-9(24)8-18-7(2)23(22-8)11-19-10(20-21-11)12(13,14)15/h16H,3-6H2,1-2H3,(H,17,24)(H,19,20,21). The fraction of sp³-hybridized carbons (Fsp3) is 0.583. The molecule has 0 atom stereocenters. The van der Waals surface area contributed by atoms with Crippen molar-refractivity contribution < 1.29 is 18.0 Å². The van der Waals surface area contributed by atoms with E-state index in [-0.39, 0.29) is 17.6 Å². The molecule has 132 valence electrons. The van der Waals surface area contributed by atoms with Gasteiger partial charge in [0.1, 0.15) is 5.82 Å². The van der Waals surface area contributed by atoms with Crippen molar-refractivity contribution in [1.29, 1.82) is 0 Å². The number of aromatic amines is 1. The highest BCUT2D eigenvalue weighted by atomic mass is 19.4. The second kappa shape index (κ2) is 7.38. The van der Waals surface area contributed by atoms with Crippen LogP contribution in [-0.4, -0.2) is 55.5 Å². The number of halogens is 3. The van der Waals surface area contributed by atoms with Crippen molar-refractivity contribution in [2.24, 2.45) is 0 Å². The summed E-state index contributed by atoms with van der Waals surface area (Å²) in [4.78, 5) is 19.2. The summed E-state index contributed by atoms with van der Waals surface area (Å²) in [7, 11) is 0. The molecule has 2 aromatic heterocycles. The van der Waals surface area contributed by atoms with Crippen LogP contribution >= 0.6 is 0 Å². The molecule has 0 aliphatic heterocycles. The van der Waals surface area contributed by atoms with Crippen LogP contribution in [0.1, 0.15) is 35.6 Å². The maximum absolute atomic E-state index is 12.5. The van der Waals surface area contributed by atoms with Gasteiger partial charge in [-0.25, -0.2) is 4.98 Å². The summed E-state index contributed by atoms with van der Waals surface area (Å²) in [6, 6.07) is 0. The van der Waals surface area contributed by atoms with Crippen LogP contribution in [0.2, 0.25) is 0 Å². The van der Waals surface area contributed by atoms with Gasteiger partial charge in [0.2, 0.25) is 11.6 Å². The number of H-pyrrole nitrogens is 1. The summed E-state index contributed by atoms with van der Waals surface area (Å²) >= 11 is 0. The van der Waals surface area contributed by atoms with Gasteiger partial charge in [0.15, 0.2) is 0 Å². The number of nitrogens with one attached hydrogen (secondary N) is 3. The van der Waals surface area contributed by atoms with Gasteiger partial charge >= 0.3 is 6.18 Å². The lowest BCUT2D eigenvalue weighted by Crippen LogP contribution is -2.32. The van der Waals surface area contributed by atoms with Crippen molar-refractivity contribution in [2.75, 3.05) is 19.6 Å². The molecule has 0 bridgehead atoms. The molecular formula is C12H17F3N8O. The van der Waals surface area contributed by atoms with Crippen LogP contribution in [0.5, 0.6) is 0 Å². The third-order valence-electron chi connectivity index (χ3n) is 2.92. The lowest BCUT2D eigenvalue weighted by molar-refractivity contribution is -0.144. The average molecular weight is 346 g/mol. The summed E-state index contributed by atoms with van der Waals surface area (Å²) in [5.41, 5.74) is 0. The Morgan fingerprint density at radius 2 is 2.00 bits per heavy atom. The monoisotopic (exact) mass is 346 g/mol. The van der Waals surface area contributed by atoms with Gasteiger partial charge in [-0.15, -0.1) is 10.2 Å². The molecule has 2 rings (SSSR count). The van der Waals surface area contributed by atoms with E-state index in [2.05, 4.69) is 30.8 Å². The van der Waals surface area contributed by atoms with Crippen LogP contribution in [0, 0.1) is 6.92 Å². The SMILES string of the molecule is CCCNCCNC(=O)c1nc(C)n(-c2n[nH]c(C(F)(F)F)n2)n1. The number of rotatable bonds is 7. The van der Waals surface area contributed by atoms with Gasteiger partial charge in [-0.1, -0.05) is 6.92 Å². The summed E-state index contributed by atoms with van der Waals surface area (Å²) in [5.74, 6) is -2.09. The minimum Gasteiger partial charge on any atom is -0.348 e. The van der Waals surface area contributed by atoms with Crippen molar-refractivity contribution in [3.05, 3.63) is 17.5 Å². The highest BCUT2D eigenvalue weighted by Gasteiger charge is 2.35. The first-order valence-electron chi connectivity index (χ1n) is 7.25. The van der Waals surface area contributed by atoms with E-state index in [0.29, 0.717) is 13.1 Å². The lowest BCUT2D eigenvalue weighted by atomic mass is 10.4. The Kier molecular flexibility index (Phi) is 5.49. The maximum Gasteiger partial charge on any atom is 0.451 e. The minimum absolute atomic E-state index is 0.165. The third-order valence-corrected chi connectivity index (χ3v) is 2.92. The first kappa shape index (κ1) is 17.8. The summed E-state index contributed by atoms with van der Waals surface area (Å²) < 4.78 is 38.6. The molecule has 0 saturated carbocycles. The van der Waals surface area contributed by atoms with Crippen molar-refractivity contribution in [3.63, 3.8) is 0 Å². The Balaban J connectivity index is 2.04.